The van der Waals surface area contributed by atoms with Gasteiger partial charge in [0, 0.05) is 19.0 Å². The van der Waals surface area contributed by atoms with E-state index in [9.17, 15) is 9.59 Å². The fraction of sp³-hybridized carbons (Fsp3) is 0.846. The van der Waals surface area contributed by atoms with Crippen molar-refractivity contribution in [2.45, 2.75) is 38.6 Å². The standard InChI is InChI=1S/C13H23N3O2/c1-9-4-5-14-11(8-9)13(18)16-7-6-15-12(17)10-2-3-10/h9-11,14H,2-8H2,1H3,(H,15,17)(H,16,18). The topological polar surface area (TPSA) is 70.2 Å². The van der Waals surface area contributed by atoms with Gasteiger partial charge in [0.1, 0.15) is 0 Å². The van der Waals surface area contributed by atoms with Crippen molar-refractivity contribution in [1.82, 2.24) is 16.0 Å². The maximum atomic E-state index is 11.8. The first-order valence-corrected chi connectivity index (χ1v) is 6.95. The third kappa shape index (κ3) is 3.98. The highest BCUT2D eigenvalue weighted by molar-refractivity contribution is 5.82. The molecule has 0 aromatic rings. The lowest BCUT2D eigenvalue weighted by Crippen LogP contribution is -2.49. The SMILES string of the molecule is CC1CCNC(C(=O)NCCNC(=O)C2CC2)C1. The zero-order valence-electron chi connectivity index (χ0n) is 11.0. The van der Waals surface area contributed by atoms with Crippen LogP contribution in [0.2, 0.25) is 0 Å². The molecule has 2 aliphatic rings. The van der Waals surface area contributed by atoms with Crippen LogP contribution in [0.15, 0.2) is 0 Å². The van der Waals surface area contributed by atoms with Gasteiger partial charge in [-0.25, -0.2) is 0 Å². The number of piperidine rings is 1. The lowest BCUT2D eigenvalue weighted by molar-refractivity contribution is -0.125. The van der Waals surface area contributed by atoms with Crippen molar-refractivity contribution in [2.75, 3.05) is 19.6 Å². The third-order valence-electron chi connectivity index (χ3n) is 3.65. The van der Waals surface area contributed by atoms with Crippen LogP contribution in [0.4, 0.5) is 0 Å². The molecule has 2 amide bonds. The van der Waals surface area contributed by atoms with Crippen LogP contribution in [0, 0.1) is 11.8 Å². The molecule has 2 rings (SSSR count). The maximum absolute atomic E-state index is 11.8. The summed E-state index contributed by atoms with van der Waals surface area (Å²) in [5.41, 5.74) is 0. The maximum Gasteiger partial charge on any atom is 0.237 e. The predicted octanol–water partition coefficient (Wildman–Crippen LogP) is 0.0169. The second kappa shape index (κ2) is 6.18. The summed E-state index contributed by atoms with van der Waals surface area (Å²) >= 11 is 0. The Hall–Kier alpha value is -1.10. The summed E-state index contributed by atoms with van der Waals surface area (Å²) in [5, 5.41) is 8.94. The normalized spacial score (nSPS) is 27.6. The van der Waals surface area contributed by atoms with Crippen LogP contribution >= 0.6 is 0 Å². The highest BCUT2D eigenvalue weighted by Gasteiger charge is 2.29. The molecule has 1 heterocycles. The van der Waals surface area contributed by atoms with Crippen molar-refractivity contribution in [1.29, 1.82) is 0 Å². The van der Waals surface area contributed by atoms with Crippen molar-refractivity contribution >= 4 is 11.8 Å². The summed E-state index contributed by atoms with van der Waals surface area (Å²) in [4.78, 5) is 23.2. The molecular formula is C13H23N3O2. The summed E-state index contributed by atoms with van der Waals surface area (Å²) in [6, 6.07) is -0.0621. The van der Waals surface area contributed by atoms with Crippen LogP contribution in [0.5, 0.6) is 0 Å². The van der Waals surface area contributed by atoms with Gasteiger partial charge in [-0.1, -0.05) is 6.92 Å². The minimum atomic E-state index is -0.0621. The number of nitrogens with one attached hydrogen (secondary N) is 3. The van der Waals surface area contributed by atoms with Gasteiger partial charge in [0.25, 0.3) is 0 Å². The van der Waals surface area contributed by atoms with Crippen molar-refractivity contribution in [3.8, 4) is 0 Å². The largest absolute Gasteiger partial charge is 0.354 e. The molecule has 0 bridgehead atoms. The molecule has 1 saturated heterocycles. The average molecular weight is 253 g/mol. The molecular weight excluding hydrogens is 230 g/mol. The first kappa shape index (κ1) is 13.3. The molecule has 1 aliphatic heterocycles. The monoisotopic (exact) mass is 253 g/mol. The molecule has 0 radical (unpaired) electrons. The molecule has 2 fully saturated rings. The van der Waals surface area contributed by atoms with Crippen LogP contribution in [-0.2, 0) is 9.59 Å². The van der Waals surface area contributed by atoms with E-state index in [0.29, 0.717) is 19.0 Å². The zero-order valence-corrected chi connectivity index (χ0v) is 11.0. The van der Waals surface area contributed by atoms with E-state index in [1.807, 2.05) is 0 Å². The lowest BCUT2D eigenvalue weighted by Gasteiger charge is -2.27. The average Bonchev–Trinajstić information content (AvgIpc) is 3.18. The Morgan fingerprint density at radius 3 is 2.39 bits per heavy atom. The number of hydrogen-bond donors (Lipinski definition) is 3. The molecule has 3 N–H and O–H groups in total. The molecule has 5 nitrogen and oxygen atoms in total. The Kier molecular flexibility index (Phi) is 4.58. The summed E-state index contributed by atoms with van der Waals surface area (Å²) in [7, 11) is 0. The van der Waals surface area contributed by atoms with E-state index >= 15 is 0 Å². The second-order valence-electron chi connectivity index (χ2n) is 5.49. The summed E-state index contributed by atoms with van der Waals surface area (Å²) in [5.74, 6) is 1.04. The Bertz CT molecular complexity index is 315. The Morgan fingerprint density at radius 2 is 1.78 bits per heavy atom. The van der Waals surface area contributed by atoms with Gasteiger partial charge in [-0.05, 0) is 38.1 Å². The fourth-order valence-electron chi connectivity index (χ4n) is 2.29. The molecule has 0 aromatic heterocycles. The molecule has 1 aliphatic carbocycles. The smallest absolute Gasteiger partial charge is 0.237 e. The van der Waals surface area contributed by atoms with E-state index in [-0.39, 0.29) is 23.8 Å². The van der Waals surface area contributed by atoms with Gasteiger partial charge in [-0.2, -0.15) is 0 Å². The predicted molar refractivity (Wildman–Crippen MR) is 68.9 cm³/mol. The van der Waals surface area contributed by atoms with Gasteiger partial charge in [0.05, 0.1) is 6.04 Å². The molecule has 5 heteroatoms. The number of rotatable bonds is 5. The van der Waals surface area contributed by atoms with E-state index in [1.165, 1.54) is 0 Å². The zero-order chi connectivity index (χ0) is 13.0. The highest BCUT2D eigenvalue weighted by Crippen LogP contribution is 2.28. The first-order chi connectivity index (χ1) is 8.66. The molecule has 2 atom stereocenters. The molecule has 2 unspecified atom stereocenters. The van der Waals surface area contributed by atoms with Gasteiger partial charge in [-0.15, -0.1) is 0 Å². The number of carbonyl (C=O) groups excluding carboxylic acids is 2. The van der Waals surface area contributed by atoms with Crippen molar-refractivity contribution in [2.24, 2.45) is 11.8 Å². The van der Waals surface area contributed by atoms with Crippen LogP contribution < -0.4 is 16.0 Å². The Labute approximate surface area is 108 Å². The van der Waals surface area contributed by atoms with E-state index < -0.39 is 0 Å². The molecule has 0 aromatic carbocycles. The van der Waals surface area contributed by atoms with Gasteiger partial charge in [0.2, 0.25) is 11.8 Å². The summed E-state index contributed by atoms with van der Waals surface area (Å²) in [6.45, 7) is 4.14. The quantitative estimate of drug-likeness (QED) is 0.605. The van der Waals surface area contributed by atoms with Crippen molar-refractivity contribution in [3.63, 3.8) is 0 Å². The second-order valence-corrected chi connectivity index (χ2v) is 5.49. The highest BCUT2D eigenvalue weighted by atomic mass is 16.2. The minimum Gasteiger partial charge on any atom is -0.354 e. The van der Waals surface area contributed by atoms with E-state index in [2.05, 4.69) is 22.9 Å². The van der Waals surface area contributed by atoms with E-state index in [0.717, 1.165) is 32.2 Å². The van der Waals surface area contributed by atoms with Crippen LogP contribution in [-0.4, -0.2) is 37.5 Å². The number of hydrogen-bond acceptors (Lipinski definition) is 3. The van der Waals surface area contributed by atoms with E-state index in [1.54, 1.807) is 0 Å². The Balaban J connectivity index is 1.57. The third-order valence-corrected chi connectivity index (χ3v) is 3.65. The molecule has 1 saturated carbocycles. The van der Waals surface area contributed by atoms with Crippen LogP contribution in [0.25, 0.3) is 0 Å². The minimum absolute atomic E-state index is 0.0576. The molecule has 18 heavy (non-hydrogen) atoms. The van der Waals surface area contributed by atoms with Crippen molar-refractivity contribution < 1.29 is 9.59 Å². The van der Waals surface area contributed by atoms with Gasteiger partial charge < -0.3 is 16.0 Å². The van der Waals surface area contributed by atoms with Gasteiger partial charge >= 0.3 is 0 Å². The molecule has 102 valence electrons. The molecule has 0 spiro atoms. The van der Waals surface area contributed by atoms with Crippen LogP contribution in [0.3, 0.4) is 0 Å². The van der Waals surface area contributed by atoms with Crippen LogP contribution in [0.1, 0.15) is 32.6 Å². The first-order valence-electron chi connectivity index (χ1n) is 6.95. The van der Waals surface area contributed by atoms with Gasteiger partial charge in [0.15, 0.2) is 0 Å². The summed E-state index contributed by atoms with van der Waals surface area (Å²) < 4.78 is 0. The van der Waals surface area contributed by atoms with Crippen molar-refractivity contribution in [3.05, 3.63) is 0 Å². The fourth-order valence-corrected chi connectivity index (χ4v) is 2.29. The number of carbonyl (C=O) groups is 2. The number of amides is 2. The van der Waals surface area contributed by atoms with E-state index in [4.69, 9.17) is 0 Å². The summed E-state index contributed by atoms with van der Waals surface area (Å²) in [6.07, 6.45) is 4.08. The Morgan fingerprint density at radius 1 is 1.11 bits per heavy atom. The van der Waals surface area contributed by atoms with Gasteiger partial charge in [-0.3, -0.25) is 9.59 Å². The lowest BCUT2D eigenvalue weighted by atomic mass is 9.94.